The Morgan fingerprint density at radius 3 is 2.33 bits per heavy atom. The van der Waals surface area contributed by atoms with E-state index in [0.717, 1.165) is 20.7 Å². The summed E-state index contributed by atoms with van der Waals surface area (Å²) in [5.41, 5.74) is 1.05. The Balaban J connectivity index is 2.33. The van der Waals surface area contributed by atoms with Crippen LogP contribution in [0.2, 0.25) is 5.02 Å². The number of hydrogen-bond acceptors (Lipinski definition) is 4. The van der Waals surface area contributed by atoms with Gasteiger partial charge in [-0.15, -0.1) is 10.2 Å². The molecule has 3 nitrogen and oxygen atoms in total. The Morgan fingerprint density at radius 1 is 1.13 bits per heavy atom. The van der Waals surface area contributed by atoms with Gasteiger partial charge in [0.2, 0.25) is 5.13 Å². The summed E-state index contributed by atoms with van der Waals surface area (Å²) in [7, 11) is 3.90. The normalized spacial score (nSPS) is 10.3. The van der Waals surface area contributed by atoms with Crippen molar-refractivity contribution in [2.45, 2.75) is 0 Å². The summed E-state index contributed by atoms with van der Waals surface area (Å²) in [6.45, 7) is 0. The van der Waals surface area contributed by atoms with Crippen molar-refractivity contribution in [2.24, 2.45) is 0 Å². The number of hydrogen-bond donors (Lipinski definition) is 0. The summed E-state index contributed by atoms with van der Waals surface area (Å²) in [5.74, 6) is 0. The lowest BCUT2D eigenvalue weighted by molar-refractivity contribution is 1.02. The van der Waals surface area contributed by atoms with Crippen LogP contribution in [0.25, 0.3) is 10.6 Å². The first-order chi connectivity index (χ1) is 7.16. The molecule has 1 aromatic carbocycles. The van der Waals surface area contributed by atoms with E-state index in [4.69, 9.17) is 11.6 Å². The molecule has 0 spiro atoms. The average molecular weight is 240 g/mol. The monoisotopic (exact) mass is 239 g/mol. The largest absolute Gasteiger partial charge is 0.353 e. The van der Waals surface area contributed by atoms with E-state index < -0.39 is 0 Å². The zero-order chi connectivity index (χ0) is 10.8. The summed E-state index contributed by atoms with van der Waals surface area (Å²) in [5, 5.41) is 10.7. The fourth-order valence-corrected chi connectivity index (χ4v) is 2.00. The summed E-state index contributed by atoms with van der Waals surface area (Å²) < 4.78 is 0. The molecule has 0 amide bonds. The van der Waals surface area contributed by atoms with Gasteiger partial charge in [-0.25, -0.2) is 0 Å². The first kappa shape index (κ1) is 10.4. The molecule has 0 bridgehead atoms. The van der Waals surface area contributed by atoms with E-state index in [0.29, 0.717) is 0 Å². The van der Waals surface area contributed by atoms with Crippen LogP contribution in [0.3, 0.4) is 0 Å². The standard InChI is InChI=1S/C10H10ClN3S/c1-14(2)10-13-12-9(15-10)7-3-5-8(11)6-4-7/h3-6H,1-2H3. The number of benzene rings is 1. The van der Waals surface area contributed by atoms with Gasteiger partial charge in [0.1, 0.15) is 5.01 Å². The number of halogens is 1. The van der Waals surface area contributed by atoms with E-state index in [2.05, 4.69) is 10.2 Å². The van der Waals surface area contributed by atoms with Crippen LogP contribution in [-0.2, 0) is 0 Å². The van der Waals surface area contributed by atoms with E-state index in [1.807, 2.05) is 43.3 Å². The SMILES string of the molecule is CN(C)c1nnc(-c2ccc(Cl)cc2)s1. The Kier molecular flexibility index (Phi) is 2.88. The molecule has 5 heteroatoms. The second kappa shape index (κ2) is 4.16. The molecule has 0 aliphatic carbocycles. The van der Waals surface area contributed by atoms with Gasteiger partial charge in [-0.05, 0) is 12.1 Å². The van der Waals surface area contributed by atoms with E-state index in [-0.39, 0.29) is 0 Å². The third-order valence-corrected chi connectivity index (χ3v) is 3.28. The van der Waals surface area contributed by atoms with Gasteiger partial charge in [-0.2, -0.15) is 0 Å². The number of aromatic nitrogens is 2. The second-order valence-electron chi connectivity index (χ2n) is 3.29. The maximum Gasteiger partial charge on any atom is 0.208 e. The molecule has 2 rings (SSSR count). The molecule has 0 unspecified atom stereocenters. The molecule has 15 heavy (non-hydrogen) atoms. The predicted octanol–water partition coefficient (Wildman–Crippen LogP) is 2.92. The van der Waals surface area contributed by atoms with Crippen molar-refractivity contribution >= 4 is 28.1 Å². The molecule has 0 saturated heterocycles. The molecule has 0 aliphatic heterocycles. The first-order valence-corrected chi connectivity index (χ1v) is 5.63. The Morgan fingerprint density at radius 2 is 1.80 bits per heavy atom. The van der Waals surface area contributed by atoms with Crippen LogP contribution in [0.15, 0.2) is 24.3 Å². The maximum atomic E-state index is 5.81. The summed E-state index contributed by atoms with van der Waals surface area (Å²) >= 11 is 7.37. The first-order valence-electron chi connectivity index (χ1n) is 4.43. The summed E-state index contributed by atoms with van der Waals surface area (Å²) in [6.07, 6.45) is 0. The van der Waals surface area contributed by atoms with Gasteiger partial charge < -0.3 is 4.90 Å². The van der Waals surface area contributed by atoms with E-state index in [1.54, 1.807) is 11.3 Å². The molecule has 0 aliphatic rings. The van der Waals surface area contributed by atoms with Crippen LogP contribution in [0.5, 0.6) is 0 Å². The van der Waals surface area contributed by atoms with Crippen molar-refractivity contribution in [1.82, 2.24) is 10.2 Å². The quantitative estimate of drug-likeness (QED) is 0.807. The Bertz CT molecular complexity index is 450. The van der Waals surface area contributed by atoms with Crippen molar-refractivity contribution in [1.29, 1.82) is 0 Å². The number of nitrogens with zero attached hydrogens (tertiary/aromatic N) is 3. The minimum atomic E-state index is 0.732. The smallest absolute Gasteiger partial charge is 0.208 e. The van der Waals surface area contributed by atoms with Crippen molar-refractivity contribution in [3.05, 3.63) is 29.3 Å². The maximum absolute atomic E-state index is 5.81. The number of rotatable bonds is 2. The fraction of sp³-hybridized carbons (Fsp3) is 0.200. The van der Waals surface area contributed by atoms with Crippen molar-refractivity contribution < 1.29 is 0 Å². The van der Waals surface area contributed by atoms with Crippen LogP contribution in [0.1, 0.15) is 0 Å². The molecule has 1 heterocycles. The Hall–Kier alpha value is -1.13. The zero-order valence-corrected chi connectivity index (χ0v) is 10.0. The number of anilines is 1. The highest BCUT2D eigenvalue weighted by atomic mass is 35.5. The van der Waals surface area contributed by atoms with E-state index >= 15 is 0 Å². The lowest BCUT2D eigenvalue weighted by Gasteiger charge is -2.03. The van der Waals surface area contributed by atoms with Crippen LogP contribution in [0.4, 0.5) is 5.13 Å². The van der Waals surface area contributed by atoms with Gasteiger partial charge in [0.25, 0.3) is 0 Å². The second-order valence-corrected chi connectivity index (χ2v) is 4.68. The lowest BCUT2D eigenvalue weighted by Crippen LogP contribution is -2.07. The summed E-state index contributed by atoms with van der Waals surface area (Å²) in [4.78, 5) is 1.94. The topological polar surface area (TPSA) is 29.0 Å². The lowest BCUT2D eigenvalue weighted by atomic mass is 10.2. The minimum Gasteiger partial charge on any atom is -0.353 e. The van der Waals surface area contributed by atoms with Gasteiger partial charge in [-0.1, -0.05) is 35.1 Å². The third kappa shape index (κ3) is 2.27. The zero-order valence-electron chi connectivity index (χ0n) is 8.44. The third-order valence-electron chi connectivity index (χ3n) is 1.89. The van der Waals surface area contributed by atoms with Gasteiger partial charge in [0.15, 0.2) is 0 Å². The van der Waals surface area contributed by atoms with Gasteiger partial charge in [0, 0.05) is 24.7 Å². The molecule has 0 fully saturated rings. The highest BCUT2D eigenvalue weighted by Gasteiger charge is 2.07. The fourth-order valence-electron chi connectivity index (χ4n) is 1.11. The van der Waals surface area contributed by atoms with Crippen LogP contribution in [-0.4, -0.2) is 24.3 Å². The molecular weight excluding hydrogens is 230 g/mol. The molecule has 1 aromatic heterocycles. The Labute approximate surface area is 97.3 Å². The molecule has 0 atom stereocenters. The van der Waals surface area contributed by atoms with Crippen molar-refractivity contribution in [3.63, 3.8) is 0 Å². The molecule has 0 radical (unpaired) electrons. The van der Waals surface area contributed by atoms with Crippen LogP contribution < -0.4 is 4.90 Å². The van der Waals surface area contributed by atoms with Gasteiger partial charge in [0.05, 0.1) is 0 Å². The van der Waals surface area contributed by atoms with Crippen molar-refractivity contribution in [3.8, 4) is 10.6 Å². The summed E-state index contributed by atoms with van der Waals surface area (Å²) in [6, 6.07) is 7.60. The average Bonchev–Trinajstić information content (AvgIpc) is 2.68. The van der Waals surface area contributed by atoms with Crippen LogP contribution >= 0.6 is 22.9 Å². The molecule has 0 N–H and O–H groups in total. The highest BCUT2D eigenvalue weighted by molar-refractivity contribution is 7.18. The minimum absolute atomic E-state index is 0.732. The molecular formula is C10H10ClN3S. The predicted molar refractivity (Wildman–Crippen MR) is 64.7 cm³/mol. The van der Waals surface area contributed by atoms with Gasteiger partial charge in [-0.3, -0.25) is 0 Å². The molecule has 2 aromatic rings. The van der Waals surface area contributed by atoms with E-state index in [9.17, 15) is 0 Å². The van der Waals surface area contributed by atoms with Crippen LogP contribution in [0, 0.1) is 0 Å². The van der Waals surface area contributed by atoms with Gasteiger partial charge >= 0.3 is 0 Å². The molecule has 0 saturated carbocycles. The van der Waals surface area contributed by atoms with Crippen molar-refractivity contribution in [2.75, 3.05) is 19.0 Å². The highest BCUT2D eigenvalue weighted by Crippen LogP contribution is 2.28. The van der Waals surface area contributed by atoms with E-state index in [1.165, 1.54) is 0 Å². The molecule has 78 valence electrons.